The van der Waals surface area contributed by atoms with Gasteiger partial charge in [-0.05, 0) is 73.0 Å². The summed E-state index contributed by atoms with van der Waals surface area (Å²) in [6.45, 7) is 3.68. The maximum Gasteiger partial charge on any atom is 0.300 e. The summed E-state index contributed by atoms with van der Waals surface area (Å²) in [6, 6.07) is 14.5. The highest BCUT2D eigenvalue weighted by Gasteiger charge is 2.47. The molecule has 33 heavy (non-hydrogen) atoms. The van der Waals surface area contributed by atoms with Crippen molar-refractivity contribution in [2.75, 3.05) is 12.0 Å². The Bertz CT molecular complexity index is 1280. The fraction of sp³-hybridized carbons (Fsp3) is 0.154. The van der Waals surface area contributed by atoms with E-state index in [0.29, 0.717) is 27.6 Å². The van der Waals surface area contributed by atoms with Crippen molar-refractivity contribution in [2.24, 2.45) is 0 Å². The number of carbonyl (C=O) groups is 2. The first-order valence-electron chi connectivity index (χ1n) is 10.2. The molecule has 168 valence electrons. The molecule has 1 amide bonds. The number of ketones is 1. The molecule has 0 spiro atoms. The van der Waals surface area contributed by atoms with Crippen molar-refractivity contribution >= 4 is 34.7 Å². The summed E-state index contributed by atoms with van der Waals surface area (Å²) in [4.78, 5) is 27.7. The van der Waals surface area contributed by atoms with Crippen molar-refractivity contribution in [2.45, 2.75) is 19.9 Å². The third-order valence-electron chi connectivity index (χ3n) is 5.61. The first-order valence-corrected chi connectivity index (χ1v) is 10.6. The van der Waals surface area contributed by atoms with Gasteiger partial charge in [0.15, 0.2) is 0 Å². The fourth-order valence-corrected chi connectivity index (χ4v) is 4.33. The van der Waals surface area contributed by atoms with Crippen LogP contribution in [0.4, 0.5) is 10.1 Å². The van der Waals surface area contributed by atoms with Gasteiger partial charge in [0.2, 0.25) is 0 Å². The lowest BCUT2D eigenvalue weighted by Crippen LogP contribution is -2.29. The molecule has 3 aromatic rings. The van der Waals surface area contributed by atoms with E-state index in [-0.39, 0.29) is 11.3 Å². The number of benzene rings is 3. The Hall–Kier alpha value is -3.64. The highest BCUT2D eigenvalue weighted by atomic mass is 35.5. The molecule has 0 aromatic heterocycles. The number of methoxy groups -OCH3 is 1. The van der Waals surface area contributed by atoms with Crippen molar-refractivity contribution in [3.63, 3.8) is 0 Å². The predicted octanol–water partition coefficient (Wildman–Crippen LogP) is 5.73. The zero-order valence-corrected chi connectivity index (χ0v) is 19.0. The molecule has 0 radical (unpaired) electrons. The van der Waals surface area contributed by atoms with Gasteiger partial charge in [-0.25, -0.2) is 4.39 Å². The number of carbonyl (C=O) groups excluding carboxylic acids is 2. The molecular formula is C26H21ClFNO4. The second-order valence-electron chi connectivity index (χ2n) is 7.86. The number of Topliss-reactive ketones (excluding diaryl/α,β-unsaturated/α-hetero) is 1. The maximum atomic E-state index is 13.7. The molecule has 5 nitrogen and oxygen atoms in total. The fourth-order valence-electron chi connectivity index (χ4n) is 4.21. The molecule has 0 aliphatic carbocycles. The molecule has 1 unspecified atom stereocenters. The van der Waals surface area contributed by atoms with Gasteiger partial charge >= 0.3 is 0 Å². The van der Waals surface area contributed by atoms with Crippen LogP contribution in [0.1, 0.15) is 28.3 Å². The Morgan fingerprint density at radius 3 is 2.27 bits per heavy atom. The molecule has 1 N–H and O–H groups in total. The number of anilines is 1. The van der Waals surface area contributed by atoms with Gasteiger partial charge in [-0.1, -0.05) is 29.8 Å². The SMILES string of the molecule is COc1c(C)cc(C)cc1/C(O)=C1\C(=O)C(=O)N(c2ccc(Cl)cc2)C1c1ccc(F)cc1. The zero-order chi connectivity index (χ0) is 23.9. The quantitative estimate of drug-likeness (QED) is 0.303. The molecule has 1 fully saturated rings. The van der Waals surface area contributed by atoms with E-state index in [1.54, 1.807) is 30.3 Å². The summed E-state index contributed by atoms with van der Waals surface area (Å²) in [7, 11) is 1.47. The smallest absolute Gasteiger partial charge is 0.300 e. The van der Waals surface area contributed by atoms with Crippen LogP contribution in [0.25, 0.3) is 5.76 Å². The number of halogens is 2. The third-order valence-corrected chi connectivity index (χ3v) is 5.87. The summed E-state index contributed by atoms with van der Waals surface area (Å²) in [5, 5.41) is 11.8. The molecule has 1 aliphatic heterocycles. The van der Waals surface area contributed by atoms with Crippen LogP contribution in [0.15, 0.2) is 66.2 Å². The van der Waals surface area contributed by atoms with Crippen LogP contribution >= 0.6 is 11.6 Å². The Labute approximate surface area is 195 Å². The second kappa shape index (κ2) is 8.71. The van der Waals surface area contributed by atoms with Crippen molar-refractivity contribution < 1.29 is 23.8 Å². The van der Waals surface area contributed by atoms with Crippen LogP contribution in [-0.4, -0.2) is 23.9 Å². The van der Waals surface area contributed by atoms with E-state index in [0.717, 1.165) is 11.1 Å². The van der Waals surface area contributed by atoms with Gasteiger partial charge in [-0.15, -0.1) is 0 Å². The molecule has 3 aromatic carbocycles. The summed E-state index contributed by atoms with van der Waals surface area (Å²) >= 11 is 6.00. The Morgan fingerprint density at radius 2 is 1.67 bits per heavy atom. The van der Waals surface area contributed by atoms with Crippen molar-refractivity contribution in [1.82, 2.24) is 0 Å². The number of aliphatic hydroxyl groups excluding tert-OH is 1. The van der Waals surface area contributed by atoms with Gasteiger partial charge in [-0.2, -0.15) is 0 Å². The molecular weight excluding hydrogens is 445 g/mol. The highest BCUT2D eigenvalue weighted by Crippen LogP contribution is 2.44. The summed E-state index contributed by atoms with van der Waals surface area (Å²) in [6.07, 6.45) is 0. The lowest BCUT2D eigenvalue weighted by molar-refractivity contribution is -0.132. The monoisotopic (exact) mass is 465 g/mol. The minimum Gasteiger partial charge on any atom is -0.507 e. The van der Waals surface area contributed by atoms with Gasteiger partial charge in [0.25, 0.3) is 11.7 Å². The number of ether oxygens (including phenoxy) is 1. The van der Waals surface area contributed by atoms with Crippen molar-refractivity contribution in [3.8, 4) is 5.75 Å². The molecule has 0 bridgehead atoms. The van der Waals surface area contributed by atoms with Crippen LogP contribution in [0.3, 0.4) is 0 Å². The Morgan fingerprint density at radius 1 is 1.03 bits per heavy atom. The van der Waals surface area contributed by atoms with Crippen LogP contribution in [-0.2, 0) is 9.59 Å². The zero-order valence-electron chi connectivity index (χ0n) is 18.2. The van der Waals surface area contributed by atoms with E-state index >= 15 is 0 Å². The number of hydrogen-bond donors (Lipinski definition) is 1. The molecule has 4 rings (SSSR count). The van der Waals surface area contributed by atoms with E-state index in [4.69, 9.17) is 16.3 Å². The van der Waals surface area contributed by atoms with Gasteiger partial charge in [0.1, 0.15) is 17.3 Å². The number of nitrogens with zero attached hydrogens (tertiary/aromatic N) is 1. The van der Waals surface area contributed by atoms with E-state index < -0.39 is 23.5 Å². The number of aliphatic hydroxyl groups is 1. The normalized spacial score (nSPS) is 17.5. The summed E-state index contributed by atoms with van der Waals surface area (Å²) in [5.41, 5.74) is 2.70. The van der Waals surface area contributed by atoms with Gasteiger partial charge in [0, 0.05) is 10.7 Å². The van der Waals surface area contributed by atoms with E-state index in [9.17, 15) is 19.1 Å². The highest BCUT2D eigenvalue weighted by molar-refractivity contribution is 6.51. The van der Waals surface area contributed by atoms with E-state index in [2.05, 4.69) is 0 Å². The van der Waals surface area contributed by atoms with Gasteiger partial charge in [0.05, 0.1) is 24.3 Å². The molecule has 7 heteroatoms. The maximum absolute atomic E-state index is 13.7. The summed E-state index contributed by atoms with van der Waals surface area (Å²) in [5.74, 6) is -2.08. The average molecular weight is 466 g/mol. The molecule has 1 saturated heterocycles. The lowest BCUT2D eigenvalue weighted by Gasteiger charge is -2.25. The van der Waals surface area contributed by atoms with Crippen LogP contribution in [0.2, 0.25) is 5.02 Å². The van der Waals surface area contributed by atoms with E-state index in [1.807, 2.05) is 19.9 Å². The average Bonchev–Trinajstić information content (AvgIpc) is 3.04. The largest absolute Gasteiger partial charge is 0.507 e. The standard InChI is InChI=1S/C26H21ClFNO4/c1-14-12-15(2)25(33-3)20(13-14)23(30)21-22(16-4-8-18(28)9-5-16)29(26(32)24(21)31)19-10-6-17(27)7-11-19/h4-13,22,30H,1-3H3/b23-21+. The van der Waals surface area contributed by atoms with Crippen LogP contribution in [0.5, 0.6) is 5.75 Å². The van der Waals surface area contributed by atoms with Crippen LogP contribution < -0.4 is 9.64 Å². The van der Waals surface area contributed by atoms with Crippen molar-refractivity contribution in [3.05, 3.63) is 99.3 Å². The van der Waals surface area contributed by atoms with Crippen LogP contribution in [0, 0.1) is 19.7 Å². The number of hydrogen-bond acceptors (Lipinski definition) is 4. The third kappa shape index (κ3) is 3.98. The molecule has 1 heterocycles. The Balaban J connectivity index is 2.00. The topological polar surface area (TPSA) is 66.8 Å². The minimum absolute atomic E-state index is 0.107. The predicted molar refractivity (Wildman–Crippen MR) is 125 cm³/mol. The number of aryl methyl sites for hydroxylation is 2. The first kappa shape index (κ1) is 22.6. The first-order chi connectivity index (χ1) is 15.7. The minimum atomic E-state index is -0.975. The number of amides is 1. The van der Waals surface area contributed by atoms with Crippen molar-refractivity contribution in [1.29, 1.82) is 0 Å². The van der Waals surface area contributed by atoms with Gasteiger partial charge < -0.3 is 9.84 Å². The molecule has 1 atom stereocenters. The number of rotatable bonds is 4. The molecule has 1 aliphatic rings. The van der Waals surface area contributed by atoms with Gasteiger partial charge in [-0.3, -0.25) is 14.5 Å². The second-order valence-corrected chi connectivity index (χ2v) is 8.30. The Kier molecular flexibility index (Phi) is 5.95. The summed E-state index contributed by atoms with van der Waals surface area (Å²) < 4.78 is 19.1. The lowest BCUT2D eigenvalue weighted by atomic mass is 9.93. The molecule has 0 saturated carbocycles. The van der Waals surface area contributed by atoms with E-state index in [1.165, 1.54) is 36.3 Å².